The van der Waals surface area contributed by atoms with Crippen molar-refractivity contribution in [1.29, 1.82) is 0 Å². The maximum absolute atomic E-state index is 12.1. The zero-order valence-electron chi connectivity index (χ0n) is 13.4. The Morgan fingerprint density at radius 1 is 1.08 bits per heavy atom. The van der Waals surface area contributed by atoms with Gasteiger partial charge in [0.1, 0.15) is 5.75 Å². The number of benzene rings is 2. The van der Waals surface area contributed by atoms with Crippen LogP contribution in [0, 0.1) is 0 Å². The molecule has 2 aromatic carbocycles. The molecule has 2 N–H and O–H groups in total. The summed E-state index contributed by atoms with van der Waals surface area (Å²) in [4.78, 5) is 26.3. The van der Waals surface area contributed by atoms with Crippen LogP contribution < -0.4 is 21.3 Å². The third-order valence-corrected chi connectivity index (χ3v) is 3.93. The van der Waals surface area contributed by atoms with Gasteiger partial charge in [0, 0.05) is 25.2 Å². The van der Waals surface area contributed by atoms with Gasteiger partial charge in [0.05, 0.1) is 18.0 Å². The van der Waals surface area contributed by atoms with Gasteiger partial charge in [0.15, 0.2) is 0 Å². The molecule has 0 fully saturated rings. The molecule has 0 bridgehead atoms. The van der Waals surface area contributed by atoms with E-state index in [1.54, 1.807) is 29.9 Å². The molecule has 0 unspecified atom stereocenters. The second-order valence-electron chi connectivity index (χ2n) is 5.42. The third kappa shape index (κ3) is 3.23. The summed E-state index contributed by atoms with van der Waals surface area (Å²) in [6, 6.07) is 14.9. The van der Waals surface area contributed by atoms with E-state index in [0.29, 0.717) is 30.5 Å². The van der Waals surface area contributed by atoms with Gasteiger partial charge < -0.3 is 10.1 Å². The average molecular weight is 325 g/mol. The SMILES string of the molecule is COc1ccccc1CNCCn1c(=O)[nH]c(=O)c2ccccc21. The molecule has 6 nitrogen and oxygen atoms in total. The van der Waals surface area contributed by atoms with Crippen LogP contribution >= 0.6 is 0 Å². The average Bonchev–Trinajstić information content (AvgIpc) is 2.61. The van der Waals surface area contributed by atoms with Crippen molar-refractivity contribution >= 4 is 10.9 Å². The highest BCUT2D eigenvalue weighted by Gasteiger charge is 2.06. The monoisotopic (exact) mass is 325 g/mol. The summed E-state index contributed by atoms with van der Waals surface area (Å²) in [5.41, 5.74) is 0.954. The van der Waals surface area contributed by atoms with Crippen LogP contribution in [0.15, 0.2) is 58.1 Å². The minimum absolute atomic E-state index is 0.353. The number of ether oxygens (including phenoxy) is 1. The molecule has 124 valence electrons. The molecule has 0 saturated carbocycles. The van der Waals surface area contributed by atoms with E-state index in [2.05, 4.69) is 10.3 Å². The summed E-state index contributed by atoms with van der Waals surface area (Å²) in [6.45, 7) is 1.69. The zero-order valence-corrected chi connectivity index (χ0v) is 13.4. The van der Waals surface area contributed by atoms with Crippen LogP contribution in [0.2, 0.25) is 0 Å². The predicted molar refractivity (Wildman–Crippen MR) is 93.5 cm³/mol. The van der Waals surface area contributed by atoms with E-state index in [1.165, 1.54) is 0 Å². The van der Waals surface area contributed by atoms with E-state index in [0.717, 1.165) is 11.3 Å². The number of aromatic amines is 1. The van der Waals surface area contributed by atoms with Crippen LogP contribution in [-0.4, -0.2) is 23.2 Å². The van der Waals surface area contributed by atoms with E-state index < -0.39 is 5.69 Å². The minimum Gasteiger partial charge on any atom is -0.496 e. The Balaban J connectivity index is 1.73. The highest BCUT2D eigenvalue weighted by molar-refractivity contribution is 5.77. The first-order chi connectivity index (χ1) is 11.7. The standard InChI is InChI=1S/C18H19N3O3/c1-24-16-9-5-2-6-13(16)12-19-10-11-21-15-8-4-3-7-14(15)17(22)20-18(21)23/h2-9,19H,10-12H2,1H3,(H,20,22,23). The molecule has 3 rings (SSSR count). The Bertz CT molecular complexity index is 959. The zero-order chi connectivity index (χ0) is 16.9. The van der Waals surface area contributed by atoms with Gasteiger partial charge in [-0.25, -0.2) is 4.79 Å². The molecule has 0 aliphatic heterocycles. The van der Waals surface area contributed by atoms with Gasteiger partial charge in [-0.05, 0) is 18.2 Å². The molecular weight excluding hydrogens is 306 g/mol. The molecular formula is C18H19N3O3. The highest BCUT2D eigenvalue weighted by Crippen LogP contribution is 2.16. The second-order valence-corrected chi connectivity index (χ2v) is 5.42. The smallest absolute Gasteiger partial charge is 0.328 e. The first-order valence-corrected chi connectivity index (χ1v) is 7.75. The Morgan fingerprint density at radius 2 is 1.83 bits per heavy atom. The van der Waals surface area contributed by atoms with Crippen LogP contribution in [-0.2, 0) is 13.1 Å². The summed E-state index contributed by atoms with van der Waals surface area (Å²) < 4.78 is 6.89. The Kier molecular flexibility index (Phi) is 4.77. The van der Waals surface area contributed by atoms with Crippen molar-refractivity contribution in [3.05, 3.63) is 74.9 Å². The Hall–Kier alpha value is -2.86. The topological polar surface area (TPSA) is 76.1 Å². The van der Waals surface area contributed by atoms with Gasteiger partial charge >= 0.3 is 5.69 Å². The maximum Gasteiger partial charge on any atom is 0.328 e. The van der Waals surface area contributed by atoms with E-state index in [-0.39, 0.29) is 5.56 Å². The lowest BCUT2D eigenvalue weighted by Crippen LogP contribution is -2.33. The largest absolute Gasteiger partial charge is 0.496 e. The summed E-state index contributed by atoms with van der Waals surface area (Å²) in [5, 5.41) is 3.82. The lowest BCUT2D eigenvalue weighted by Gasteiger charge is -2.11. The van der Waals surface area contributed by atoms with Crippen LogP contribution in [0.4, 0.5) is 0 Å². The molecule has 1 heterocycles. The van der Waals surface area contributed by atoms with Gasteiger partial charge in [-0.1, -0.05) is 30.3 Å². The summed E-state index contributed by atoms with van der Waals surface area (Å²) in [6.07, 6.45) is 0. The molecule has 3 aromatic rings. The lowest BCUT2D eigenvalue weighted by molar-refractivity contribution is 0.407. The fourth-order valence-corrected chi connectivity index (χ4v) is 2.73. The first kappa shape index (κ1) is 16.0. The summed E-state index contributed by atoms with van der Waals surface area (Å²) in [7, 11) is 1.64. The van der Waals surface area contributed by atoms with Crippen molar-refractivity contribution in [2.24, 2.45) is 0 Å². The second kappa shape index (κ2) is 7.14. The lowest BCUT2D eigenvalue weighted by atomic mass is 10.2. The molecule has 0 aliphatic carbocycles. The molecule has 1 aromatic heterocycles. The van der Waals surface area contributed by atoms with Gasteiger partial charge in [0.2, 0.25) is 0 Å². The summed E-state index contributed by atoms with van der Waals surface area (Å²) >= 11 is 0. The number of fused-ring (bicyclic) bond motifs is 1. The molecule has 0 aliphatic rings. The molecule has 24 heavy (non-hydrogen) atoms. The number of methoxy groups -OCH3 is 1. The van der Waals surface area contributed by atoms with Gasteiger partial charge in [-0.2, -0.15) is 0 Å². The quantitative estimate of drug-likeness (QED) is 0.673. The van der Waals surface area contributed by atoms with E-state index in [4.69, 9.17) is 4.74 Å². The highest BCUT2D eigenvalue weighted by atomic mass is 16.5. The van der Waals surface area contributed by atoms with Crippen molar-refractivity contribution < 1.29 is 4.74 Å². The van der Waals surface area contributed by atoms with Crippen molar-refractivity contribution in [2.45, 2.75) is 13.1 Å². The molecule has 0 atom stereocenters. The van der Waals surface area contributed by atoms with E-state index in [1.807, 2.05) is 30.3 Å². The Morgan fingerprint density at radius 3 is 2.67 bits per heavy atom. The van der Waals surface area contributed by atoms with Crippen LogP contribution in [0.25, 0.3) is 10.9 Å². The van der Waals surface area contributed by atoms with Crippen molar-refractivity contribution in [3.63, 3.8) is 0 Å². The van der Waals surface area contributed by atoms with Crippen molar-refractivity contribution in [1.82, 2.24) is 14.9 Å². The number of aromatic nitrogens is 2. The third-order valence-electron chi connectivity index (χ3n) is 3.93. The molecule has 0 amide bonds. The predicted octanol–water partition coefficient (Wildman–Crippen LogP) is 1.49. The number of hydrogen-bond donors (Lipinski definition) is 2. The Labute approximate surface area is 138 Å². The van der Waals surface area contributed by atoms with E-state index in [9.17, 15) is 9.59 Å². The molecule has 6 heteroatoms. The van der Waals surface area contributed by atoms with Crippen LogP contribution in [0.1, 0.15) is 5.56 Å². The molecule has 0 saturated heterocycles. The number of para-hydroxylation sites is 2. The van der Waals surface area contributed by atoms with Gasteiger partial charge in [-0.15, -0.1) is 0 Å². The number of hydrogen-bond acceptors (Lipinski definition) is 4. The van der Waals surface area contributed by atoms with Crippen molar-refractivity contribution in [2.75, 3.05) is 13.7 Å². The number of nitrogens with one attached hydrogen (secondary N) is 2. The number of rotatable bonds is 6. The summed E-state index contributed by atoms with van der Waals surface area (Å²) in [5.74, 6) is 0.830. The van der Waals surface area contributed by atoms with Gasteiger partial charge in [-0.3, -0.25) is 14.3 Å². The van der Waals surface area contributed by atoms with Crippen LogP contribution in [0.5, 0.6) is 5.75 Å². The van der Waals surface area contributed by atoms with Gasteiger partial charge in [0.25, 0.3) is 5.56 Å². The number of H-pyrrole nitrogens is 1. The minimum atomic E-state index is -0.391. The fraction of sp³-hybridized carbons (Fsp3) is 0.222. The normalized spacial score (nSPS) is 10.9. The van der Waals surface area contributed by atoms with E-state index >= 15 is 0 Å². The number of nitrogens with zero attached hydrogens (tertiary/aromatic N) is 1. The first-order valence-electron chi connectivity index (χ1n) is 7.75. The van der Waals surface area contributed by atoms with Crippen molar-refractivity contribution in [3.8, 4) is 5.75 Å². The maximum atomic E-state index is 12.1. The fourth-order valence-electron chi connectivity index (χ4n) is 2.73. The molecule has 0 radical (unpaired) electrons. The van der Waals surface area contributed by atoms with Crippen LogP contribution in [0.3, 0.4) is 0 Å². The molecule has 0 spiro atoms.